The molecule has 4 aromatic rings. The van der Waals surface area contributed by atoms with Crippen molar-refractivity contribution in [3.05, 3.63) is 60.3 Å². The first-order valence-electron chi connectivity index (χ1n) is 11.1. The highest BCUT2D eigenvalue weighted by Gasteiger charge is 2.31. The number of nitrogens with one attached hydrogen (secondary N) is 1. The third-order valence-corrected chi connectivity index (χ3v) is 8.23. The fraction of sp³-hybridized carbons (Fsp3) is 0.292. The van der Waals surface area contributed by atoms with Gasteiger partial charge in [-0.3, -0.25) is 9.55 Å². The van der Waals surface area contributed by atoms with Gasteiger partial charge in [-0.15, -0.1) is 0 Å². The fourth-order valence-electron chi connectivity index (χ4n) is 3.98. The molecule has 0 aliphatic carbocycles. The maximum atomic E-state index is 15.7. The van der Waals surface area contributed by atoms with Gasteiger partial charge in [0.15, 0.2) is 15.7 Å². The zero-order valence-electron chi connectivity index (χ0n) is 20.4. The number of pyridine rings is 1. The number of sulfone groups is 1. The van der Waals surface area contributed by atoms with E-state index in [2.05, 4.69) is 19.7 Å². The average Bonchev–Trinajstić information content (AvgIpc) is 3.15. The second-order valence-electron chi connectivity index (χ2n) is 9.36. The predicted octanol–water partition coefficient (Wildman–Crippen LogP) is 3.66. The van der Waals surface area contributed by atoms with Crippen molar-refractivity contribution in [2.45, 2.75) is 49.4 Å². The van der Waals surface area contributed by atoms with Gasteiger partial charge in [-0.2, -0.15) is 0 Å². The Morgan fingerprint density at radius 1 is 1.00 bits per heavy atom. The Bertz CT molecular complexity index is 1660. The third kappa shape index (κ3) is 4.75. The van der Waals surface area contributed by atoms with Crippen LogP contribution in [0.25, 0.3) is 28.2 Å². The molecule has 36 heavy (non-hydrogen) atoms. The van der Waals surface area contributed by atoms with Crippen LogP contribution in [0.15, 0.2) is 58.7 Å². The lowest BCUT2D eigenvalue weighted by molar-refractivity contribution is 0.491. The minimum Gasteiger partial charge on any atom is -0.272 e. The van der Waals surface area contributed by atoms with E-state index in [4.69, 9.17) is 0 Å². The summed E-state index contributed by atoms with van der Waals surface area (Å²) in [5.74, 6) is -0.542. The largest absolute Gasteiger partial charge is 0.272 e. The quantitative estimate of drug-likeness (QED) is 0.403. The van der Waals surface area contributed by atoms with Crippen LogP contribution in [0.5, 0.6) is 0 Å². The van der Waals surface area contributed by atoms with Gasteiger partial charge >= 0.3 is 0 Å². The average molecular weight is 532 g/mol. The van der Waals surface area contributed by atoms with Crippen LogP contribution in [0.2, 0.25) is 0 Å². The molecule has 1 N–H and O–H groups in total. The van der Waals surface area contributed by atoms with E-state index in [0.717, 1.165) is 12.5 Å². The number of benzene rings is 1. The molecule has 4 rings (SSSR count). The highest BCUT2D eigenvalue weighted by Crippen LogP contribution is 2.40. The number of halogens is 1. The Balaban J connectivity index is 2.08. The van der Waals surface area contributed by atoms with E-state index in [0.29, 0.717) is 12.0 Å². The van der Waals surface area contributed by atoms with Crippen molar-refractivity contribution in [3.8, 4) is 17.3 Å². The van der Waals surface area contributed by atoms with Gasteiger partial charge in [0.05, 0.1) is 16.9 Å². The summed E-state index contributed by atoms with van der Waals surface area (Å²) < 4.78 is 71.1. The number of fused-ring (bicyclic) bond motifs is 1. The Morgan fingerprint density at radius 3 is 2.19 bits per heavy atom. The van der Waals surface area contributed by atoms with Crippen molar-refractivity contribution in [2.24, 2.45) is 0 Å². The molecular formula is C24H26FN5O4S2. The summed E-state index contributed by atoms with van der Waals surface area (Å²) in [6.07, 6.45) is 5.47. The SMILES string of the molecule is CCc1ccc2c(S(C)(=O)=O)c(-c3ccc(S(=O)(=O)NC(C)(C)C)cn3)n(-c3ncccn3)c2c1F. The lowest BCUT2D eigenvalue weighted by atomic mass is 10.1. The lowest BCUT2D eigenvalue weighted by Gasteiger charge is -2.20. The number of sulfonamides is 1. The van der Waals surface area contributed by atoms with Crippen LogP contribution in [0, 0.1) is 5.82 Å². The summed E-state index contributed by atoms with van der Waals surface area (Å²) in [6.45, 7) is 6.92. The molecule has 190 valence electrons. The first kappa shape index (κ1) is 25.9. The van der Waals surface area contributed by atoms with E-state index >= 15 is 4.39 Å². The molecule has 0 amide bonds. The number of hydrogen-bond acceptors (Lipinski definition) is 7. The monoisotopic (exact) mass is 531 g/mol. The number of aryl methyl sites for hydroxylation is 1. The van der Waals surface area contributed by atoms with Gasteiger partial charge in [-0.25, -0.2) is 35.9 Å². The fourth-order valence-corrected chi connectivity index (χ4v) is 6.45. The van der Waals surface area contributed by atoms with Crippen LogP contribution in [0.4, 0.5) is 4.39 Å². The van der Waals surface area contributed by atoms with E-state index in [-0.39, 0.29) is 38.0 Å². The zero-order valence-corrected chi connectivity index (χ0v) is 22.1. The maximum Gasteiger partial charge on any atom is 0.242 e. The molecule has 0 saturated carbocycles. The highest BCUT2D eigenvalue weighted by molar-refractivity contribution is 7.91. The summed E-state index contributed by atoms with van der Waals surface area (Å²) in [7, 11) is -7.79. The molecular weight excluding hydrogens is 505 g/mol. The summed E-state index contributed by atoms with van der Waals surface area (Å²) in [6, 6.07) is 7.40. The Morgan fingerprint density at radius 2 is 1.67 bits per heavy atom. The molecule has 9 nitrogen and oxygen atoms in total. The molecule has 0 fully saturated rings. The first-order chi connectivity index (χ1) is 16.7. The second kappa shape index (κ2) is 9.02. The standard InChI is InChI=1S/C24H26FN5O4S2/c1-6-15-8-10-17-20(19(15)25)30(23-26-12-7-13-27-23)21(22(17)35(5,31)32)18-11-9-16(14-28-18)36(33,34)29-24(2,3)4/h7-14,29H,6H2,1-5H3. The van der Waals surface area contributed by atoms with E-state index in [1.807, 2.05) is 0 Å². The topological polar surface area (TPSA) is 124 Å². The number of rotatable bonds is 6. The van der Waals surface area contributed by atoms with Crippen LogP contribution >= 0.6 is 0 Å². The molecule has 0 bridgehead atoms. The summed E-state index contributed by atoms with van der Waals surface area (Å²) >= 11 is 0. The van der Waals surface area contributed by atoms with Gasteiger partial charge in [-0.05, 0) is 51.0 Å². The van der Waals surface area contributed by atoms with E-state index in [1.54, 1.807) is 45.9 Å². The molecule has 0 atom stereocenters. The third-order valence-electron chi connectivity index (χ3n) is 5.34. The number of hydrogen-bond donors (Lipinski definition) is 1. The molecule has 3 aromatic heterocycles. The summed E-state index contributed by atoms with van der Waals surface area (Å²) in [5.41, 5.74) is -0.160. The van der Waals surface area contributed by atoms with Crippen molar-refractivity contribution in [2.75, 3.05) is 6.26 Å². The van der Waals surface area contributed by atoms with Gasteiger partial charge in [0.2, 0.25) is 16.0 Å². The Hall–Kier alpha value is -3.22. The number of aromatic nitrogens is 4. The Kier molecular flexibility index (Phi) is 6.48. The smallest absolute Gasteiger partial charge is 0.242 e. The van der Waals surface area contributed by atoms with Crippen molar-refractivity contribution < 1.29 is 21.2 Å². The summed E-state index contributed by atoms with van der Waals surface area (Å²) in [4.78, 5) is 12.5. The highest BCUT2D eigenvalue weighted by atomic mass is 32.2. The van der Waals surface area contributed by atoms with E-state index < -0.39 is 31.2 Å². The van der Waals surface area contributed by atoms with Crippen LogP contribution in [0.1, 0.15) is 33.3 Å². The van der Waals surface area contributed by atoms with Crippen LogP contribution in [-0.4, -0.2) is 48.1 Å². The van der Waals surface area contributed by atoms with Crippen molar-refractivity contribution in [1.82, 2.24) is 24.2 Å². The van der Waals surface area contributed by atoms with Crippen molar-refractivity contribution >= 4 is 30.8 Å². The van der Waals surface area contributed by atoms with Crippen molar-refractivity contribution in [3.63, 3.8) is 0 Å². The molecule has 12 heteroatoms. The van der Waals surface area contributed by atoms with E-state index in [1.165, 1.54) is 29.1 Å². The predicted molar refractivity (Wildman–Crippen MR) is 135 cm³/mol. The molecule has 0 unspecified atom stereocenters. The lowest BCUT2D eigenvalue weighted by Crippen LogP contribution is -2.40. The van der Waals surface area contributed by atoms with Crippen molar-refractivity contribution in [1.29, 1.82) is 0 Å². The van der Waals surface area contributed by atoms with Gasteiger partial charge in [0, 0.05) is 35.8 Å². The van der Waals surface area contributed by atoms with Crippen LogP contribution in [0.3, 0.4) is 0 Å². The molecule has 0 aliphatic heterocycles. The minimum absolute atomic E-state index is 0.00359. The normalized spacial score (nSPS) is 12.8. The van der Waals surface area contributed by atoms with Crippen LogP contribution < -0.4 is 4.72 Å². The molecule has 0 spiro atoms. The van der Waals surface area contributed by atoms with E-state index in [9.17, 15) is 16.8 Å². The van der Waals surface area contributed by atoms with Gasteiger partial charge < -0.3 is 0 Å². The van der Waals surface area contributed by atoms with Gasteiger partial charge in [0.25, 0.3) is 0 Å². The molecule has 1 aromatic carbocycles. The second-order valence-corrected chi connectivity index (χ2v) is 13.0. The molecule has 0 saturated heterocycles. The number of nitrogens with zero attached hydrogens (tertiary/aromatic N) is 4. The summed E-state index contributed by atoms with van der Waals surface area (Å²) in [5, 5.41) is 0.155. The molecule has 0 aliphatic rings. The maximum absolute atomic E-state index is 15.7. The van der Waals surface area contributed by atoms with Crippen LogP contribution in [-0.2, 0) is 26.3 Å². The zero-order chi connectivity index (χ0) is 26.5. The Labute approximate surface area is 209 Å². The first-order valence-corrected chi connectivity index (χ1v) is 14.5. The van der Waals surface area contributed by atoms with Gasteiger partial charge in [0.1, 0.15) is 9.79 Å². The van der Waals surface area contributed by atoms with Gasteiger partial charge in [-0.1, -0.05) is 19.1 Å². The molecule has 0 radical (unpaired) electrons. The molecule has 3 heterocycles. The minimum atomic E-state index is -3.91.